The lowest BCUT2D eigenvalue weighted by molar-refractivity contribution is -0.113. The number of anilines is 1. The van der Waals surface area contributed by atoms with E-state index in [1.807, 2.05) is 58.0 Å². The topological polar surface area (TPSA) is 103 Å². The summed E-state index contributed by atoms with van der Waals surface area (Å²) < 4.78 is 7.07. The van der Waals surface area contributed by atoms with Crippen LogP contribution in [0.5, 0.6) is 0 Å². The zero-order chi connectivity index (χ0) is 22.8. The Balaban J connectivity index is 1.60. The molecule has 0 aliphatic heterocycles. The van der Waals surface area contributed by atoms with Gasteiger partial charge in [0.25, 0.3) is 5.56 Å². The predicted octanol–water partition coefficient (Wildman–Crippen LogP) is 4.36. The summed E-state index contributed by atoms with van der Waals surface area (Å²) in [4.78, 5) is 32.3. The van der Waals surface area contributed by atoms with Crippen molar-refractivity contribution in [1.29, 1.82) is 0 Å². The van der Waals surface area contributed by atoms with E-state index in [9.17, 15) is 9.59 Å². The lowest BCUT2D eigenvalue weighted by atomic mass is 10.2. The van der Waals surface area contributed by atoms with Gasteiger partial charge in [0.1, 0.15) is 4.83 Å². The highest BCUT2D eigenvalue weighted by Gasteiger charge is 2.19. The Labute approximate surface area is 193 Å². The Morgan fingerprint density at radius 1 is 1.22 bits per heavy atom. The number of hydrogen-bond donors (Lipinski definition) is 1. The molecule has 1 amide bonds. The second-order valence-corrected chi connectivity index (χ2v) is 9.82. The summed E-state index contributed by atoms with van der Waals surface area (Å²) in [6, 6.07) is 9.79. The fourth-order valence-electron chi connectivity index (χ4n) is 3.13. The monoisotopic (exact) mass is 469 g/mol. The number of amides is 1. The molecule has 0 aliphatic carbocycles. The van der Waals surface area contributed by atoms with Crippen LogP contribution in [0.4, 0.5) is 6.01 Å². The Hall–Kier alpha value is -2.98. The van der Waals surface area contributed by atoms with E-state index < -0.39 is 0 Å². The molecule has 3 aromatic heterocycles. The Bertz CT molecular complexity index is 1320. The van der Waals surface area contributed by atoms with Crippen LogP contribution in [0.3, 0.4) is 0 Å². The summed E-state index contributed by atoms with van der Waals surface area (Å²) in [6.07, 6.45) is 0. The molecular formula is C22H23N5O3S2. The summed E-state index contributed by atoms with van der Waals surface area (Å²) in [5.41, 5.74) is 1.84. The van der Waals surface area contributed by atoms with E-state index in [0.717, 1.165) is 16.0 Å². The summed E-state index contributed by atoms with van der Waals surface area (Å²) in [5.74, 6) is 0.270. The number of nitrogens with one attached hydrogen (secondary N) is 1. The van der Waals surface area contributed by atoms with Gasteiger partial charge in [0.2, 0.25) is 11.8 Å². The van der Waals surface area contributed by atoms with Crippen molar-refractivity contribution < 1.29 is 9.21 Å². The lowest BCUT2D eigenvalue weighted by Crippen LogP contribution is -2.24. The zero-order valence-corrected chi connectivity index (χ0v) is 19.8. The molecule has 0 saturated heterocycles. The Morgan fingerprint density at radius 3 is 2.66 bits per heavy atom. The summed E-state index contributed by atoms with van der Waals surface area (Å²) in [7, 11) is 0. The maximum absolute atomic E-state index is 13.4. The average Bonchev–Trinajstić information content (AvgIpc) is 3.34. The first-order valence-electron chi connectivity index (χ1n) is 10.1. The van der Waals surface area contributed by atoms with Gasteiger partial charge < -0.3 is 4.42 Å². The van der Waals surface area contributed by atoms with Gasteiger partial charge in [-0.3, -0.25) is 19.5 Å². The van der Waals surface area contributed by atoms with Crippen molar-refractivity contribution in [2.24, 2.45) is 0 Å². The van der Waals surface area contributed by atoms with Crippen LogP contribution in [-0.2, 0) is 11.3 Å². The minimum absolute atomic E-state index is 0.0511. The average molecular weight is 470 g/mol. The van der Waals surface area contributed by atoms with Crippen molar-refractivity contribution in [3.63, 3.8) is 0 Å². The third kappa shape index (κ3) is 4.61. The standard InChI is InChI=1S/C22H23N5O3S2/c1-12(2)18-25-26-21(30-18)23-16(28)11-31-22-24-19-17(13(3)14(4)32-19)20(29)27(22)10-15-8-6-5-7-9-15/h5-9,12H,10-11H2,1-4H3,(H,23,26,28). The third-order valence-electron chi connectivity index (χ3n) is 4.95. The van der Waals surface area contributed by atoms with Gasteiger partial charge in [-0.25, -0.2) is 4.98 Å². The van der Waals surface area contributed by atoms with Gasteiger partial charge in [0.15, 0.2) is 5.16 Å². The molecule has 0 spiro atoms. The second kappa shape index (κ2) is 9.25. The number of nitrogens with zero attached hydrogens (tertiary/aromatic N) is 4. The van der Waals surface area contributed by atoms with Gasteiger partial charge in [-0.1, -0.05) is 61.0 Å². The number of hydrogen-bond acceptors (Lipinski definition) is 8. The minimum atomic E-state index is -0.312. The van der Waals surface area contributed by atoms with Gasteiger partial charge in [0, 0.05) is 10.8 Å². The first kappa shape index (κ1) is 22.2. The molecule has 0 fully saturated rings. The van der Waals surface area contributed by atoms with E-state index >= 15 is 0 Å². The number of carbonyl (C=O) groups excluding carboxylic acids is 1. The van der Waals surface area contributed by atoms with Crippen molar-refractivity contribution in [3.8, 4) is 0 Å². The lowest BCUT2D eigenvalue weighted by Gasteiger charge is -2.12. The fraction of sp³-hybridized carbons (Fsp3) is 0.318. The maximum atomic E-state index is 13.4. The molecule has 0 radical (unpaired) electrons. The SMILES string of the molecule is Cc1sc2nc(SCC(=O)Nc3nnc(C(C)C)o3)n(Cc3ccccc3)c(=O)c2c1C. The highest BCUT2D eigenvalue weighted by molar-refractivity contribution is 7.99. The van der Waals surface area contributed by atoms with E-state index in [2.05, 4.69) is 15.5 Å². The first-order valence-corrected chi connectivity index (χ1v) is 11.9. The van der Waals surface area contributed by atoms with Gasteiger partial charge in [-0.2, -0.15) is 0 Å². The molecule has 4 rings (SSSR count). The number of aryl methyl sites for hydroxylation is 2. The van der Waals surface area contributed by atoms with Gasteiger partial charge in [-0.15, -0.1) is 16.4 Å². The van der Waals surface area contributed by atoms with Crippen LogP contribution in [0.25, 0.3) is 10.2 Å². The summed E-state index contributed by atoms with van der Waals surface area (Å²) in [6.45, 7) is 8.16. The normalized spacial score (nSPS) is 11.4. The molecule has 1 aromatic carbocycles. The molecule has 0 bridgehead atoms. The number of carbonyl (C=O) groups is 1. The van der Waals surface area contributed by atoms with E-state index in [4.69, 9.17) is 9.40 Å². The second-order valence-electron chi connectivity index (χ2n) is 7.67. The molecular weight excluding hydrogens is 446 g/mol. The van der Waals surface area contributed by atoms with Crippen molar-refractivity contribution >= 4 is 45.2 Å². The third-order valence-corrected chi connectivity index (χ3v) is 7.03. The van der Waals surface area contributed by atoms with E-state index in [0.29, 0.717) is 27.8 Å². The van der Waals surface area contributed by atoms with Crippen LogP contribution >= 0.6 is 23.1 Å². The number of aromatic nitrogens is 4. The first-order chi connectivity index (χ1) is 15.3. The van der Waals surface area contributed by atoms with Crippen LogP contribution in [0.15, 0.2) is 44.7 Å². The van der Waals surface area contributed by atoms with Crippen molar-refractivity contribution in [3.05, 3.63) is 62.6 Å². The molecule has 0 aliphatic rings. The molecule has 1 N–H and O–H groups in total. The predicted molar refractivity (Wildman–Crippen MR) is 127 cm³/mol. The van der Waals surface area contributed by atoms with Gasteiger partial charge >= 0.3 is 6.01 Å². The van der Waals surface area contributed by atoms with Crippen molar-refractivity contribution in [1.82, 2.24) is 19.7 Å². The van der Waals surface area contributed by atoms with Crippen LogP contribution in [0.1, 0.15) is 41.7 Å². The molecule has 166 valence electrons. The number of fused-ring (bicyclic) bond motifs is 1. The zero-order valence-electron chi connectivity index (χ0n) is 18.2. The van der Waals surface area contributed by atoms with E-state index in [1.54, 1.807) is 4.57 Å². The number of thioether (sulfide) groups is 1. The molecule has 10 heteroatoms. The summed E-state index contributed by atoms with van der Waals surface area (Å²) >= 11 is 2.70. The summed E-state index contributed by atoms with van der Waals surface area (Å²) in [5, 5.41) is 11.5. The molecule has 32 heavy (non-hydrogen) atoms. The van der Waals surface area contributed by atoms with Gasteiger partial charge in [0.05, 0.1) is 17.7 Å². The molecule has 3 heterocycles. The highest BCUT2D eigenvalue weighted by Crippen LogP contribution is 2.28. The van der Waals surface area contributed by atoms with Gasteiger partial charge in [-0.05, 0) is 25.0 Å². The smallest absolute Gasteiger partial charge is 0.322 e. The van der Waals surface area contributed by atoms with Crippen LogP contribution < -0.4 is 10.9 Å². The Morgan fingerprint density at radius 2 is 1.97 bits per heavy atom. The number of thiophene rings is 1. The van der Waals surface area contributed by atoms with Crippen LogP contribution in [-0.4, -0.2) is 31.4 Å². The molecule has 4 aromatic rings. The molecule has 0 saturated carbocycles. The largest absolute Gasteiger partial charge is 0.408 e. The maximum Gasteiger partial charge on any atom is 0.322 e. The molecule has 8 nitrogen and oxygen atoms in total. The molecule has 0 unspecified atom stereocenters. The minimum Gasteiger partial charge on any atom is -0.408 e. The van der Waals surface area contributed by atoms with Crippen molar-refractivity contribution in [2.45, 2.75) is 45.3 Å². The van der Waals surface area contributed by atoms with E-state index in [1.165, 1.54) is 23.1 Å². The number of benzene rings is 1. The quantitative estimate of drug-likeness (QED) is 0.317. The fourth-order valence-corrected chi connectivity index (χ4v) is 5.00. The van der Waals surface area contributed by atoms with E-state index in [-0.39, 0.29) is 29.2 Å². The van der Waals surface area contributed by atoms with Crippen LogP contribution in [0.2, 0.25) is 0 Å². The highest BCUT2D eigenvalue weighted by atomic mass is 32.2. The van der Waals surface area contributed by atoms with Crippen LogP contribution in [0, 0.1) is 13.8 Å². The Kier molecular flexibility index (Phi) is 6.43. The number of rotatable bonds is 7. The van der Waals surface area contributed by atoms with Crippen molar-refractivity contribution in [2.75, 3.05) is 11.1 Å². The molecule has 0 atom stereocenters.